The first-order valence-corrected chi connectivity index (χ1v) is 5.17. The van der Waals surface area contributed by atoms with Gasteiger partial charge in [0.05, 0.1) is 5.56 Å². The lowest BCUT2D eigenvalue weighted by Gasteiger charge is -1.97. The normalized spacial score (nSPS) is 7.87. The fourth-order valence-corrected chi connectivity index (χ4v) is 0.820. The Morgan fingerprint density at radius 1 is 1.20 bits per heavy atom. The van der Waals surface area contributed by atoms with E-state index >= 15 is 0 Å². The summed E-state index contributed by atoms with van der Waals surface area (Å²) in [6, 6.07) is 4.30. The zero-order valence-electron chi connectivity index (χ0n) is 10.1. The lowest BCUT2D eigenvalue weighted by Crippen LogP contribution is -2.12. The molecule has 0 atom stereocenters. The van der Waals surface area contributed by atoms with Gasteiger partial charge in [-0.05, 0) is 24.6 Å². The van der Waals surface area contributed by atoms with Gasteiger partial charge >= 0.3 is 0 Å². The van der Waals surface area contributed by atoms with Gasteiger partial charge in [-0.1, -0.05) is 33.8 Å². The lowest BCUT2D eigenvalue weighted by atomic mass is 10.1. The van der Waals surface area contributed by atoms with Crippen molar-refractivity contribution >= 4 is 5.91 Å². The lowest BCUT2D eigenvalue weighted by molar-refractivity contribution is 0.0996. The zero-order valence-corrected chi connectivity index (χ0v) is 10.1. The van der Waals surface area contributed by atoms with Gasteiger partial charge in [-0.15, -0.1) is 0 Å². The molecule has 0 aliphatic carbocycles. The smallest absolute Gasteiger partial charge is 0.251 e. The average molecular weight is 213 g/mol. The molecule has 0 aromatic heterocycles. The summed E-state index contributed by atoms with van der Waals surface area (Å²) in [5, 5.41) is 0. The fraction of sp³-hybridized carbons (Fsp3) is 0.417. The van der Waals surface area contributed by atoms with Crippen LogP contribution in [0.3, 0.4) is 0 Å². The summed E-state index contributed by atoms with van der Waals surface area (Å²) >= 11 is 0. The molecule has 2 N–H and O–H groups in total. The van der Waals surface area contributed by atoms with Gasteiger partial charge < -0.3 is 5.73 Å². The first-order valence-electron chi connectivity index (χ1n) is 5.17. The van der Waals surface area contributed by atoms with E-state index in [1.807, 2.05) is 27.7 Å². The van der Waals surface area contributed by atoms with Crippen LogP contribution in [-0.4, -0.2) is 5.91 Å². The Bertz CT molecular complexity index is 298. The number of benzene rings is 1. The number of hydrogen-bond donors (Lipinski definition) is 1. The summed E-state index contributed by atoms with van der Waals surface area (Å²) in [4.78, 5) is 10.5. The topological polar surface area (TPSA) is 43.1 Å². The first kappa shape index (κ1) is 16.1. The monoisotopic (exact) mass is 213 g/mol. The quantitative estimate of drug-likeness (QED) is 0.764. The predicted molar refractivity (Wildman–Crippen MR) is 62.4 cm³/mol. The largest absolute Gasteiger partial charge is 0.366 e. The van der Waals surface area contributed by atoms with E-state index in [-0.39, 0.29) is 5.56 Å². The molecule has 0 unspecified atom stereocenters. The number of carbonyl (C=O) groups is 1. The molecule has 15 heavy (non-hydrogen) atoms. The van der Waals surface area contributed by atoms with E-state index in [4.69, 9.17) is 5.73 Å². The Morgan fingerprint density at radius 2 is 1.67 bits per heavy atom. The number of amides is 1. The Morgan fingerprint density at radius 3 is 2.00 bits per heavy atom. The van der Waals surface area contributed by atoms with Crippen molar-refractivity contribution in [2.45, 2.75) is 34.6 Å². The van der Waals surface area contributed by atoms with Crippen LogP contribution in [0.4, 0.5) is 4.39 Å². The molecule has 2 nitrogen and oxygen atoms in total. The van der Waals surface area contributed by atoms with Crippen LogP contribution in [0.1, 0.15) is 43.6 Å². The van der Waals surface area contributed by atoms with Crippen molar-refractivity contribution in [3.05, 3.63) is 35.1 Å². The van der Waals surface area contributed by atoms with E-state index in [0.29, 0.717) is 0 Å². The van der Waals surface area contributed by atoms with E-state index in [9.17, 15) is 9.18 Å². The molecule has 1 aromatic rings. The third kappa shape index (κ3) is 5.83. The van der Waals surface area contributed by atoms with Crippen molar-refractivity contribution in [1.29, 1.82) is 0 Å². The van der Waals surface area contributed by atoms with Crippen molar-refractivity contribution < 1.29 is 9.18 Å². The maximum absolute atomic E-state index is 12.8. The molecule has 0 bridgehead atoms. The molecule has 1 aromatic carbocycles. The third-order valence-corrected chi connectivity index (χ3v) is 1.39. The van der Waals surface area contributed by atoms with Gasteiger partial charge in [0.15, 0.2) is 0 Å². The number of carbonyl (C=O) groups excluding carboxylic acids is 1. The molecule has 0 radical (unpaired) electrons. The molecule has 0 aliphatic rings. The second-order valence-electron chi connectivity index (χ2n) is 2.35. The summed E-state index contributed by atoms with van der Waals surface area (Å²) in [5.74, 6) is -1.29. The minimum atomic E-state index is -0.734. The van der Waals surface area contributed by atoms with Gasteiger partial charge in [0, 0.05) is 0 Å². The molecular weight excluding hydrogens is 193 g/mol. The third-order valence-electron chi connectivity index (χ3n) is 1.39. The van der Waals surface area contributed by atoms with Crippen LogP contribution in [0.5, 0.6) is 0 Å². The van der Waals surface area contributed by atoms with E-state index in [1.165, 1.54) is 12.1 Å². The van der Waals surface area contributed by atoms with Crippen LogP contribution < -0.4 is 5.73 Å². The molecule has 3 heteroatoms. The van der Waals surface area contributed by atoms with Crippen LogP contribution in [0, 0.1) is 12.7 Å². The second-order valence-corrected chi connectivity index (χ2v) is 2.35. The minimum Gasteiger partial charge on any atom is -0.366 e. The number of nitrogens with two attached hydrogens (primary N) is 1. The summed E-state index contributed by atoms with van der Waals surface area (Å²) in [6.07, 6.45) is 0. The SMILES string of the molecule is CC.CC.Cc1ccc(C(N)=O)c(F)c1. The number of primary amides is 1. The van der Waals surface area contributed by atoms with Gasteiger partial charge in [-0.3, -0.25) is 4.79 Å². The van der Waals surface area contributed by atoms with E-state index in [2.05, 4.69) is 0 Å². The number of hydrogen-bond acceptors (Lipinski definition) is 1. The number of aryl methyl sites for hydroxylation is 1. The summed E-state index contributed by atoms with van der Waals surface area (Å²) in [6.45, 7) is 9.74. The van der Waals surface area contributed by atoms with Crippen molar-refractivity contribution in [1.82, 2.24) is 0 Å². The Balaban J connectivity index is 0. The maximum Gasteiger partial charge on any atom is 0.251 e. The van der Waals surface area contributed by atoms with Crippen molar-refractivity contribution in [2.24, 2.45) is 5.73 Å². The highest BCUT2D eigenvalue weighted by Crippen LogP contribution is 2.08. The van der Waals surface area contributed by atoms with Gasteiger partial charge in [0.2, 0.25) is 0 Å². The molecule has 0 aliphatic heterocycles. The van der Waals surface area contributed by atoms with Crippen molar-refractivity contribution in [3.63, 3.8) is 0 Å². The number of rotatable bonds is 1. The first-order chi connectivity index (χ1) is 7.11. The van der Waals surface area contributed by atoms with Crippen molar-refractivity contribution in [2.75, 3.05) is 0 Å². The van der Waals surface area contributed by atoms with E-state index in [0.717, 1.165) is 5.56 Å². The summed E-state index contributed by atoms with van der Waals surface area (Å²) in [7, 11) is 0. The minimum absolute atomic E-state index is 0.0596. The van der Waals surface area contributed by atoms with Crippen LogP contribution in [0.25, 0.3) is 0 Å². The predicted octanol–water partition coefficient (Wildman–Crippen LogP) is 3.29. The second kappa shape index (κ2) is 9.19. The van der Waals surface area contributed by atoms with Crippen LogP contribution in [0.15, 0.2) is 18.2 Å². The molecular formula is C12H20FNO. The molecule has 1 amide bonds. The van der Waals surface area contributed by atoms with Gasteiger partial charge in [-0.2, -0.15) is 0 Å². The zero-order chi connectivity index (χ0) is 12.4. The van der Waals surface area contributed by atoms with Gasteiger partial charge in [-0.25, -0.2) is 4.39 Å². The maximum atomic E-state index is 12.8. The average Bonchev–Trinajstić information content (AvgIpc) is 2.23. The highest BCUT2D eigenvalue weighted by atomic mass is 19.1. The Labute approximate surface area is 91.3 Å². The molecule has 0 saturated heterocycles. The van der Waals surface area contributed by atoms with Gasteiger partial charge in [0.25, 0.3) is 5.91 Å². The molecule has 0 heterocycles. The molecule has 0 fully saturated rings. The molecule has 86 valence electrons. The van der Waals surface area contributed by atoms with Gasteiger partial charge in [0.1, 0.15) is 5.82 Å². The Kier molecular flexibility index (Phi) is 9.84. The fourth-order valence-electron chi connectivity index (χ4n) is 0.820. The Hall–Kier alpha value is -1.38. The van der Waals surface area contributed by atoms with Crippen molar-refractivity contribution in [3.8, 4) is 0 Å². The molecule has 0 saturated carbocycles. The molecule has 1 rings (SSSR count). The molecule has 0 spiro atoms. The number of halogens is 1. The highest BCUT2D eigenvalue weighted by Gasteiger charge is 2.06. The summed E-state index contributed by atoms with van der Waals surface area (Å²) in [5.41, 5.74) is 5.60. The standard InChI is InChI=1S/C8H8FNO.2C2H6/c1-5-2-3-6(8(10)11)7(9)4-5;2*1-2/h2-4H,1H3,(H2,10,11);2*1-2H3. The van der Waals surface area contributed by atoms with E-state index < -0.39 is 11.7 Å². The van der Waals surface area contributed by atoms with E-state index in [1.54, 1.807) is 13.0 Å². The summed E-state index contributed by atoms with van der Waals surface area (Å²) < 4.78 is 12.8. The van der Waals surface area contributed by atoms with Crippen LogP contribution in [-0.2, 0) is 0 Å². The van der Waals surface area contributed by atoms with Crippen LogP contribution >= 0.6 is 0 Å². The van der Waals surface area contributed by atoms with Crippen LogP contribution in [0.2, 0.25) is 0 Å². The highest BCUT2D eigenvalue weighted by molar-refractivity contribution is 5.93.